The average molecular weight is 481 g/mol. The molecule has 1 fully saturated rings. The lowest BCUT2D eigenvalue weighted by molar-refractivity contribution is -0.160. The largest absolute Gasteiger partial charge is 0.480 e. The number of nitrogens with zero attached hydrogens (tertiary/aromatic N) is 1. The van der Waals surface area contributed by atoms with Gasteiger partial charge in [-0.3, -0.25) is 10.1 Å². The number of likely N-dealkylation sites (tertiary alicyclic amines) is 1. The van der Waals surface area contributed by atoms with E-state index in [1.165, 1.54) is 6.92 Å². The second kappa shape index (κ2) is 9.77. The minimum Gasteiger partial charge on any atom is -0.480 e. The molecule has 2 amide bonds. The summed E-state index contributed by atoms with van der Waals surface area (Å²) in [5.41, 5.74) is 2.71. The SMILES string of the molecule is CCOC(=O)C(NC(=O)OCC1c2ccccc2-c2ccccc21)C(=O)N1CCCC1(C)C(=O)O. The Morgan fingerprint density at radius 1 is 1.06 bits per heavy atom. The van der Waals surface area contributed by atoms with Crippen molar-refractivity contribution < 1.29 is 33.8 Å². The van der Waals surface area contributed by atoms with Gasteiger partial charge in [-0.15, -0.1) is 0 Å². The summed E-state index contributed by atoms with van der Waals surface area (Å²) in [7, 11) is 0. The summed E-state index contributed by atoms with van der Waals surface area (Å²) in [5.74, 6) is -3.17. The van der Waals surface area contributed by atoms with E-state index in [0.29, 0.717) is 6.42 Å². The number of fused-ring (bicyclic) bond motifs is 3. The molecule has 0 aromatic heterocycles. The molecule has 2 aliphatic rings. The topological polar surface area (TPSA) is 122 Å². The maximum absolute atomic E-state index is 13.2. The van der Waals surface area contributed by atoms with Gasteiger partial charge < -0.3 is 19.5 Å². The van der Waals surface area contributed by atoms with Gasteiger partial charge in [-0.05, 0) is 48.9 Å². The molecule has 1 aliphatic heterocycles. The van der Waals surface area contributed by atoms with Crippen molar-refractivity contribution >= 4 is 23.9 Å². The van der Waals surface area contributed by atoms with Crippen LogP contribution in [-0.4, -0.2) is 65.3 Å². The van der Waals surface area contributed by atoms with Crippen LogP contribution in [0.4, 0.5) is 4.79 Å². The maximum atomic E-state index is 13.2. The first kappa shape index (κ1) is 24.3. The van der Waals surface area contributed by atoms with Crippen molar-refractivity contribution in [1.82, 2.24) is 10.2 Å². The van der Waals surface area contributed by atoms with Crippen molar-refractivity contribution in [2.75, 3.05) is 19.8 Å². The van der Waals surface area contributed by atoms with Crippen LogP contribution in [0.2, 0.25) is 0 Å². The Morgan fingerprint density at radius 2 is 1.66 bits per heavy atom. The number of aliphatic carboxylic acids is 1. The highest BCUT2D eigenvalue weighted by Gasteiger charge is 2.49. The lowest BCUT2D eigenvalue weighted by Gasteiger charge is -2.33. The van der Waals surface area contributed by atoms with Crippen LogP contribution < -0.4 is 5.32 Å². The van der Waals surface area contributed by atoms with Crippen molar-refractivity contribution in [3.63, 3.8) is 0 Å². The summed E-state index contributed by atoms with van der Waals surface area (Å²) in [5, 5.41) is 11.9. The van der Waals surface area contributed by atoms with Crippen molar-refractivity contribution in [1.29, 1.82) is 0 Å². The predicted molar refractivity (Wildman–Crippen MR) is 126 cm³/mol. The number of alkyl carbamates (subject to hydrolysis) is 1. The van der Waals surface area contributed by atoms with E-state index in [4.69, 9.17) is 9.47 Å². The fourth-order valence-corrected chi connectivity index (χ4v) is 4.90. The Labute approximate surface area is 203 Å². The number of rotatable bonds is 7. The number of carbonyl (C=O) groups is 4. The quantitative estimate of drug-likeness (QED) is 0.461. The highest BCUT2D eigenvalue weighted by molar-refractivity contribution is 6.05. The Morgan fingerprint density at radius 3 is 2.23 bits per heavy atom. The molecule has 1 heterocycles. The van der Waals surface area contributed by atoms with Gasteiger partial charge in [-0.1, -0.05) is 48.5 Å². The molecule has 2 aromatic rings. The first-order chi connectivity index (χ1) is 16.8. The van der Waals surface area contributed by atoms with Crippen LogP contribution in [0.5, 0.6) is 0 Å². The van der Waals surface area contributed by atoms with E-state index < -0.39 is 35.5 Å². The van der Waals surface area contributed by atoms with Crippen LogP contribution in [0.15, 0.2) is 48.5 Å². The summed E-state index contributed by atoms with van der Waals surface area (Å²) in [6.45, 7) is 3.15. The van der Waals surface area contributed by atoms with Crippen LogP contribution in [0.3, 0.4) is 0 Å². The highest BCUT2D eigenvalue weighted by Crippen LogP contribution is 2.44. The monoisotopic (exact) mass is 480 g/mol. The van der Waals surface area contributed by atoms with E-state index in [1.54, 1.807) is 6.92 Å². The molecule has 4 rings (SSSR count). The number of benzene rings is 2. The molecule has 2 unspecified atom stereocenters. The number of nitrogens with one attached hydrogen (secondary N) is 1. The van der Waals surface area contributed by atoms with Gasteiger partial charge >= 0.3 is 18.0 Å². The molecule has 1 aliphatic carbocycles. The molecule has 0 radical (unpaired) electrons. The molecule has 9 nitrogen and oxygen atoms in total. The van der Waals surface area contributed by atoms with Crippen LogP contribution in [0, 0.1) is 0 Å². The predicted octanol–water partition coefficient (Wildman–Crippen LogP) is 2.92. The van der Waals surface area contributed by atoms with E-state index in [0.717, 1.165) is 27.2 Å². The number of ether oxygens (including phenoxy) is 2. The van der Waals surface area contributed by atoms with Gasteiger partial charge in [0.1, 0.15) is 12.1 Å². The third-order valence-corrected chi connectivity index (χ3v) is 6.74. The van der Waals surface area contributed by atoms with Gasteiger partial charge in [-0.2, -0.15) is 0 Å². The number of carbonyl (C=O) groups excluding carboxylic acids is 3. The second-order valence-electron chi connectivity index (χ2n) is 8.83. The Bertz CT molecular complexity index is 1120. The molecule has 2 N–H and O–H groups in total. The smallest absolute Gasteiger partial charge is 0.408 e. The summed E-state index contributed by atoms with van der Waals surface area (Å²) >= 11 is 0. The Kier molecular flexibility index (Phi) is 6.77. The van der Waals surface area contributed by atoms with Gasteiger partial charge in [0.2, 0.25) is 6.04 Å². The second-order valence-corrected chi connectivity index (χ2v) is 8.83. The minimum atomic E-state index is -1.71. The number of amides is 2. The lowest BCUT2D eigenvalue weighted by Crippen LogP contribution is -2.59. The molecule has 0 bridgehead atoms. The van der Waals surface area contributed by atoms with Gasteiger partial charge in [0.25, 0.3) is 5.91 Å². The average Bonchev–Trinajstić information content (AvgIpc) is 3.40. The minimum absolute atomic E-state index is 0.000150. The van der Waals surface area contributed by atoms with Crippen molar-refractivity contribution in [2.24, 2.45) is 0 Å². The normalized spacial score (nSPS) is 19.4. The van der Waals surface area contributed by atoms with E-state index in [9.17, 15) is 24.3 Å². The Balaban J connectivity index is 1.49. The van der Waals surface area contributed by atoms with Gasteiger partial charge in [0, 0.05) is 12.5 Å². The maximum Gasteiger partial charge on any atom is 0.408 e. The molecule has 2 aromatic carbocycles. The zero-order valence-corrected chi connectivity index (χ0v) is 19.7. The first-order valence-corrected chi connectivity index (χ1v) is 11.6. The number of hydrogen-bond acceptors (Lipinski definition) is 6. The zero-order valence-electron chi connectivity index (χ0n) is 19.7. The first-order valence-electron chi connectivity index (χ1n) is 11.6. The molecule has 35 heavy (non-hydrogen) atoms. The highest BCUT2D eigenvalue weighted by atomic mass is 16.6. The van der Waals surface area contributed by atoms with E-state index in [-0.39, 0.29) is 32.1 Å². The fraction of sp³-hybridized carbons (Fsp3) is 0.385. The standard InChI is InChI=1S/C26H28N2O7/c1-3-34-23(30)21(22(29)28-14-8-13-26(28,2)24(31)32)27-25(33)35-15-20-18-11-6-4-9-16(18)17-10-5-7-12-19(17)20/h4-7,9-12,20-21H,3,8,13-15H2,1-2H3,(H,27,33)(H,31,32). The number of carboxylic acids is 1. The van der Waals surface area contributed by atoms with Gasteiger partial charge in [-0.25, -0.2) is 14.4 Å². The lowest BCUT2D eigenvalue weighted by atomic mass is 9.98. The molecule has 0 spiro atoms. The number of hydrogen-bond donors (Lipinski definition) is 2. The van der Waals surface area contributed by atoms with Crippen LogP contribution in [-0.2, 0) is 23.9 Å². The molecule has 1 saturated heterocycles. The Hall–Kier alpha value is -3.88. The third-order valence-electron chi connectivity index (χ3n) is 6.74. The van der Waals surface area contributed by atoms with Crippen molar-refractivity contribution in [3.8, 4) is 11.1 Å². The fourth-order valence-electron chi connectivity index (χ4n) is 4.90. The van der Waals surface area contributed by atoms with Gasteiger partial charge in [0.05, 0.1) is 6.61 Å². The molecular formula is C26H28N2O7. The molecular weight excluding hydrogens is 452 g/mol. The van der Waals surface area contributed by atoms with Crippen LogP contribution in [0.1, 0.15) is 43.7 Å². The third kappa shape index (κ3) is 4.45. The number of carboxylic acid groups (broad SMARTS) is 1. The van der Waals surface area contributed by atoms with E-state index in [1.807, 2.05) is 48.5 Å². The molecule has 2 atom stereocenters. The zero-order chi connectivity index (χ0) is 25.2. The van der Waals surface area contributed by atoms with Crippen LogP contribution in [0.25, 0.3) is 11.1 Å². The van der Waals surface area contributed by atoms with Crippen LogP contribution >= 0.6 is 0 Å². The summed E-state index contributed by atoms with van der Waals surface area (Å²) in [6.07, 6.45) is -0.252. The molecule has 184 valence electrons. The van der Waals surface area contributed by atoms with Crippen molar-refractivity contribution in [2.45, 2.75) is 44.2 Å². The van der Waals surface area contributed by atoms with Crippen molar-refractivity contribution in [3.05, 3.63) is 59.7 Å². The molecule has 9 heteroatoms. The molecule has 0 saturated carbocycles. The summed E-state index contributed by atoms with van der Waals surface area (Å²) in [6, 6.07) is 14.0. The number of esters is 1. The summed E-state index contributed by atoms with van der Waals surface area (Å²) < 4.78 is 10.4. The summed E-state index contributed by atoms with van der Waals surface area (Å²) in [4.78, 5) is 51.4. The van der Waals surface area contributed by atoms with Gasteiger partial charge in [0.15, 0.2) is 0 Å². The van der Waals surface area contributed by atoms with E-state index in [2.05, 4.69) is 5.32 Å². The van der Waals surface area contributed by atoms with E-state index >= 15 is 0 Å².